The molecule has 1 aromatic carbocycles. The number of amides is 1. The van der Waals surface area contributed by atoms with Crippen molar-refractivity contribution in [2.45, 2.75) is 38.0 Å². The maximum absolute atomic E-state index is 12.0. The standard InChI is InChI=1S/C15H22N2O4S/c1-3-13-5-7-14(8-6-13)22(20,21)17-11-10-16-15(19)9-4-12(2)18/h5-8,17H,3-4,9-11H2,1-2H3,(H,16,19). The lowest BCUT2D eigenvalue weighted by Crippen LogP contribution is -2.34. The highest BCUT2D eigenvalue weighted by Crippen LogP contribution is 2.10. The van der Waals surface area contributed by atoms with Crippen LogP contribution in [0.4, 0.5) is 0 Å². The first-order valence-electron chi connectivity index (χ1n) is 7.20. The molecular formula is C15H22N2O4S. The first-order valence-corrected chi connectivity index (χ1v) is 8.68. The van der Waals surface area contributed by atoms with Crippen molar-refractivity contribution in [2.75, 3.05) is 13.1 Å². The molecule has 1 rings (SSSR count). The van der Waals surface area contributed by atoms with Crippen molar-refractivity contribution < 1.29 is 18.0 Å². The zero-order valence-corrected chi connectivity index (χ0v) is 13.7. The van der Waals surface area contributed by atoms with Crippen molar-refractivity contribution in [1.82, 2.24) is 10.0 Å². The first kappa shape index (κ1) is 18.3. The number of hydrogen-bond donors (Lipinski definition) is 2. The summed E-state index contributed by atoms with van der Waals surface area (Å²) in [6.45, 7) is 3.70. The Kier molecular flexibility index (Phi) is 7.20. The van der Waals surface area contributed by atoms with Gasteiger partial charge in [0.15, 0.2) is 0 Å². The molecule has 0 unspecified atom stereocenters. The summed E-state index contributed by atoms with van der Waals surface area (Å²) in [7, 11) is -3.56. The van der Waals surface area contributed by atoms with E-state index < -0.39 is 10.0 Å². The molecular weight excluding hydrogens is 304 g/mol. The molecule has 0 bridgehead atoms. The van der Waals surface area contributed by atoms with E-state index in [-0.39, 0.29) is 42.5 Å². The van der Waals surface area contributed by atoms with Gasteiger partial charge in [-0.1, -0.05) is 19.1 Å². The molecule has 0 saturated heterocycles. The Hall–Kier alpha value is -1.73. The number of hydrogen-bond acceptors (Lipinski definition) is 4. The van der Waals surface area contributed by atoms with Crippen LogP contribution >= 0.6 is 0 Å². The van der Waals surface area contributed by atoms with Gasteiger partial charge >= 0.3 is 0 Å². The average Bonchev–Trinajstić information content (AvgIpc) is 2.49. The predicted octanol–water partition coefficient (Wildman–Crippen LogP) is 1.01. The third kappa shape index (κ3) is 6.36. The number of Topliss-reactive ketones (excluding diaryl/α,β-unsaturated/α-hetero) is 1. The minimum Gasteiger partial charge on any atom is -0.355 e. The Labute approximate surface area is 131 Å². The van der Waals surface area contributed by atoms with E-state index in [1.807, 2.05) is 6.92 Å². The summed E-state index contributed by atoms with van der Waals surface area (Å²) in [4.78, 5) is 22.3. The molecule has 0 heterocycles. The minimum atomic E-state index is -3.56. The second-order valence-corrected chi connectivity index (χ2v) is 6.71. The Bertz CT molecular complexity index is 609. The molecule has 0 radical (unpaired) electrons. The lowest BCUT2D eigenvalue weighted by molar-refractivity contribution is -0.124. The monoisotopic (exact) mass is 326 g/mol. The van der Waals surface area contributed by atoms with Gasteiger partial charge in [0.1, 0.15) is 5.78 Å². The molecule has 2 N–H and O–H groups in total. The SMILES string of the molecule is CCc1ccc(S(=O)(=O)NCCNC(=O)CCC(C)=O)cc1. The smallest absolute Gasteiger partial charge is 0.240 e. The highest BCUT2D eigenvalue weighted by Gasteiger charge is 2.13. The van der Waals surface area contributed by atoms with Crippen molar-refractivity contribution in [2.24, 2.45) is 0 Å². The number of carbonyl (C=O) groups excluding carboxylic acids is 2. The van der Waals surface area contributed by atoms with Crippen LogP contribution in [-0.2, 0) is 26.0 Å². The second kappa shape index (κ2) is 8.65. The van der Waals surface area contributed by atoms with Crippen LogP contribution in [0.15, 0.2) is 29.2 Å². The summed E-state index contributed by atoms with van der Waals surface area (Å²) < 4.78 is 26.5. The van der Waals surface area contributed by atoms with Gasteiger partial charge in [-0.25, -0.2) is 13.1 Å². The lowest BCUT2D eigenvalue weighted by atomic mass is 10.2. The topological polar surface area (TPSA) is 92.3 Å². The molecule has 122 valence electrons. The average molecular weight is 326 g/mol. The number of nitrogens with one attached hydrogen (secondary N) is 2. The van der Waals surface area contributed by atoms with E-state index >= 15 is 0 Å². The van der Waals surface area contributed by atoms with E-state index in [1.165, 1.54) is 6.92 Å². The van der Waals surface area contributed by atoms with Crippen molar-refractivity contribution in [3.63, 3.8) is 0 Å². The van der Waals surface area contributed by atoms with Crippen LogP contribution in [0, 0.1) is 0 Å². The molecule has 0 atom stereocenters. The van der Waals surface area contributed by atoms with Gasteiger partial charge in [-0.2, -0.15) is 0 Å². The number of benzene rings is 1. The van der Waals surface area contributed by atoms with Crippen LogP contribution in [0.25, 0.3) is 0 Å². The van der Waals surface area contributed by atoms with Crippen LogP contribution in [0.2, 0.25) is 0 Å². The number of carbonyl (C=O) groups is 2. The highest BCUT2D eigenvalue weighted by atomic mass is 32.2. The normalized spacial score (nSPS) is 11.2. The first-order chi connectivity index (χ1) is 10.3. The zero-order chi connectivity index (χ0) is 16.6. The third-order valence-corrected chi connectivity index (χ3v) is 4.56. The van der Waals surface area contributed by atoms with Gasteiger partial charge < -0.3 is 10.1 Å². The van der Waals surface area contributed by atoms with Crippen LogP contribution in [0.3, 0.4) is 0 Å². The molecule has 0 aromatic heterocycles. The van der Waals surface area contributed by atoms with Crippen LogP contribution < -0.4 is 10.0 Å². The molecule has 1 aromatic rings. The third-order valence-electron chi connectivity index (χ3n) is 3.09. The fraction of sp³-hybridized carbons (Fsp3) is 0.467. The summed E-state index contributed by atoms with van der Waals surface area (Å²) in [5, 5.41) is 2.56. The fourth-order valence-electron chi connectivity index (χ4n) is 1.75. The Balaban J connectivity index is 2.39. The molecule has 6 nitrogen and oxygen atoms in total. The molecule has 0 aliphatic carbocycles. The van der Waals surface area contributed by atoms with Crippen molar-refractivity contribution in [3.05, 3.63) is 29.8 Å². The molecule has 0 spiro atoms. The summed E-state index contributed by atoms with van der Waals surface area (Å²) >= 11 is 0. The largest absolute Gasteiger partial charge is 0.355 e. The molecule has 0 fully saturated rings. The number of ketones is 1. The molecule has 0 saturated carbocycles. The van der Waals surface area contributed by atoms with Crippen molar-refractivity contribution in [3.8, 4) is 0 Å². The predicted molar refractivity (Wildman–Crippen MR) is 83.9 cm³/mol. The number of sulfonamides is 1. The van der Waals surface area contributed by atoms with E-state index in [4.69, 9.17) is 0 Å². The highest BCUT2D eigenvalue weighted by molar-refractivity contribution is 7.89. The Morgan fingerprint density at radius 1 is 1.05 bits per heavy atom. The van der Waals surface area contributed by atoms with Crippen LogP contribution in [0.5, 0.6) is 0 Å². The van der Waals surface area contributed by atoms with Crippen molar-refractivity contribution in [1.29, 1.82) is 0 Å². The molecule has 22 heavy (non-hydrogen) atoms. The maximum Gasteiger partial charge on any atom is 0.240 e. The van der Waals surface area contributed by atoms with Gasteiger partial charge in [0.05, 0.1) is 4.90 Å². The summed E-state index contributed by atoms with van der Waals surface area (Å²) in [5.41, 5.74) is 1.07. The van der Waals surface area contributed by atoms with Gasteiger partial charge in [-0.15, -0.1) is 0 Å². The van der Waals surface area contributed by atoms with Crippen LogP contribution in [-0.4, -0.2) is 33.2 Å². The quantitative estimate of drug-likeness (QED) is 0.663. The van der Waals surface area contributed by atoms with E-state index in [1.54, 1.807) is 24.3 Å². The van der Waals surface area contributed by atoms with Crippen molar-refractivity contribution >= 4 is 21.7 Å². The van der Waals surface area contributed by atoms with E-state index in [2.05, 4.69) is 10.0 Å². The summed E-state index contributed by atoms with van der Waals surface area (Å²) in [5.74, 6) is -0.312. The molecule has 1 amide bonds. The van der Waals surface area contributed by atoms with Gasteiger partial charge in [0, 0.05) is 25.9 Å². The fourth-order valence-corrected chi connectivity index (χ4v) is 2.78. The van der Waals surface area contributed by atoms with Gasteiger partial charge in [0.25, 0.3) is 0 Å². The zero-order valence-electron chi connectivity index (χ0n) is 12.9. The molecule has 0 aliphatic rings. The Morgan fingerprint density at radius 2 is 1.68 bits per heavy atom. The number of rotatable bonds is 9. The number of aryl methyl sites for hydroxylation is 1. The maximum atomic E-state index is 12.0. The van der Waals surface area contributed by atoms with E-state index in [0.29, 0.717) is 0 Å². The second-order valence-electron chi connectivity index (χ2n) is 4.95. The lowest BCUT2D eigenvalue weighted by Gasteiger charge is -2.08. The van der Waals surface area contributed by atoms with E-state index in [9.17, 15) is 18.0 Å². The summed E-state index contributed by atoms with van der Waals surface area (Å²) in [6.07, 6.45) is 1.17. The van der Waals surface area contributed by atoms with Gasteiger partial charge in [-0.05, 0) is 31.0 Å². The van der Waals surface area contributed by atoms with Gasteiger partial charge in [-0.3, -0.25) is 4.79 Å². The minimum absolute atomic E-state index is 0.0496. The summed E-state index contributed by atoms with van der Waals surface area (Å²) in [6, 6.07) is 6.68. The Morgan fingerprint density at radius 3 is 2.23 bits per heavy atom. The van der Waals surface area contributed by atoms with Gasteiger partial charge in [0.2, 0.25) is 15.9 Å². The van der Waals surface area contributed by atoms with Crippen LogP contribution in [0.1, 0.15) is 32.3 Å². The van der Waals surface area contributed by atoms with E-state index in [0.717, 1.165) is 12.0 Å². The molecule has 0 aliphatic heterocycles. The molecule has 7 heteroatoms.